The normalized spacial score (nSPS) is 26.9. The maximum atomic E-state index is 2.34. The first-order valence-electron chi connectivity index (χ1n) is 4.26. The molecule has 0 radical (unpaired) electrons. The summed E-state index contributed by atoms with van der Waals surface area (Å²) in [5.41, 5.74) is 0.519. The zero-order valence-electron chi connectivity index (χ0n) is 7.35. The number of hydrogen-bond donors (Lipinski definition) is 0. The van der Waals surface area contributed by atoms with E-state index in [1.807, 2.05) is 0 Å². The van der Waals surface area contributed by atoms with Crippen LogP contribution in [-0.2, 0) is 0 Å². The third-order valence-corrected chi connectivity index (χ3v) is 2.49. The largest absolute Gasteiger partial charge is 0.0885 e. The van der Waals surface area contributed by atoms with Crippen LogP contribution in [0, 0.1) is 11.3 Å². The highest BCUT2D eigenvalue weighted by molar-refractivity contribution is 4.93. The van der Waals surface area contributed by atoms with E-state index in [9.17, 15) is 0 Å². The van der Waals surface area contributed by atoms with Gasteiger partial charge in [0.15, 0.2) is 0 Å². The van der Waals surface area contributed by atoms with Gasteiger partial charge in [0.1, 0.15) is 0 Å². The highest BCUT2D eigenvalue weighted by Crippen LogP contribution is 2.34. The van der Waals surface area contributed by atoms with Crippen LogP contribution in [0.15, 0.2) is 12.2 Å². The molecule has 1 aliphatic rings. The summed E-state index contributed by atoms with van der Waals surface area (Å²) in [5.74, 6) is 0.914. The minimum Gasteiger partial charge on any atom is -0.0885 e. The van der Waals surface area contributed by atoms with Crippen LogP contribution >= 0.6 is 0 Å². The predicted octanol–water partition coefficient (Wildman–Crippen LogP) is 3.39. The van der Waals surface area contributed by atoms with Gasteiger partial charge in [0, 0.05) is 0 Å². The summed E-state index contributed by atoms with van der Waals surface area (Å²) in [7, 11) is 0. The second-order valence-electron chi connectivity index (χ2n) is 4.35. The molecule has 1 atom stereocenters. The molecule has 0 amide bonds. The molecule has 0 heterocycles. The van der Waals surface area contributed by atoms with Crippen molar-refractivity contribution in [2.75, 3.05) is 0 Å². The van der Waals surface area contributed by atoms with E-state index in [0.29, 0.717) is 5.41 Å². The van der Waals surface area contributed by atoms with Gasteiger partial charge in [0.05, 0.1) is 0 Å². The molecular formula is C10H18. The molecule has 0 unspecified atom stereocenters. The monoisotopic (exact) mass is 138 g/mol. The van der Waals surface area contributed by atoms with Crippen molar-refractivity contribution in [1.82, 2.24) is 0 Å². The number of rotatable bonds is 0. The van der Waals surface area contributed by atoms with Crippen molar-refractivity contribution in [1.29, 1.82) is 0 Å². The van der Waals surface area contributed by atoms with Gasteiger partial charge in [-0.2, -0.15) is 0 Å². The zero-order chi connectivity index (χ0) is 7.61. The first-order valence-corrected chi connectivity index (χ1v) is 4.26. The molecule has 0 saturated carbocycles. The predicted molar refractivity (Wildman–Crippen MR) is 45.9 cm³/mol. The van der Waals surface area contributed by atoms with E-state index in [2.05, 4.69) is 32.9 Å². The zero-order valence-corrected chi connectivity index (χ0v) is 7.35. The van der Waals surface area contributed by atoms with Crippen molar-refractivity contribution in [3.05, 3.63) is 12.2 Å². The number of hydrogen-bond acceptors (Lipinski definition) is 0. The first kappa shape index (κ1) is 7.84. The van der Waals surface area contributed by atoms with Gasteiger partial charge in [-0.25, -0.2) is 0 Å². The molecule has 58 valence electrons. The van der Waals surface area contributed by atoms with E-state index in [1.165, 1.54) is 19.3 Å². The molecule has 0 nitrogen and oxygen atoms in total. The van der Waals surface area contributed by atoms with Crippen LogP contribution in [0.4, 0.5) is 0 Å². The standard InChI is InChI=1S/C10H18/c1-10(2,3)9-7-5-4-6-8-9/h4-5,9H,6-8H2,1-3H3/t9-/m1/s1. The van der Waals surface area contributed by atoms with Crippen molar-refractivity contribution in [2.24, 2.45) is 11.3 Å². The minimum absolute atomic E-state index is 0.519. The highest BCUT2D eigenvalue weighted by atomic mass is 14.3. The van der Waals surface area contributed by atoms with Gasteiger partial charge in [0.25, 0.3) is 0 Å². The first-order chi connectivity index (χ1) is 4.61. The lowest BCUT2D eigenvalue weighted by atomic mass is 9.74. The van der Waals surface area contributed by atoms with E-state index in [0.717, 1.165) is 5.92 Å². The van der Waals surface area contributed by atoms with Gasteiger partial charge in [-0.3, -0.25) is 0 Å². The van der Waals surface area contributed by atoms with Crippen LogP contribution in [0.2, 0.25) is 0 Å². The Balaban J connectivity index is 2.49. The lowest BCUT2D eigenvalue weighted by Crippen LogP contribution is -2.20. The fourth-order valence-corrected chi connectivity index (χ4v) is 1.58. The lowest BCUT2D eigenvalue weighted by molar-refractivity contribution is 0.223. The van der Waals surface area contributed by atoms with E-state index < -0.39 is 0 Å². The van der Waals surface area contributed by atoms with Crippen LogP contribution < -0.4 is 0 Å². The number of allylic oxidation sites excluding steroid dienone is 2. The summed E-state index contributed by atoms with van der Waals surface area (Å²) in [6.07, 6.45) is 8.62. The molecule has 0 N–H and O–H groups in total. The molecule has 0 heteroatoms. The Bertz CT molecular complexity index is 125. The average Bonchev–Trinajstić information content (AvgIpc) is 1.88. The molecule has 0 aromatic heterocycles. The second kappa shape index (κ2) is 2.77. The van der Waals surface area contributed by atoms with Crippen LogP contribution in [0.5, 0.6) is 0 Å². The summed E-state index contributed by atoms with van der Waals surface area (Å²) in [6, 6.07) is 0. The fraction of sp³-hybridized carbons (Fsp3) is 0.800. The Labute approximate surface area is 64.3 Å². The molecule has 0 spiro atoms. The molecule has 0 saturated heterocycles. The molecule has 0 aliphatic heterocycles. The van der Waals surface area contributed by atoms with E-state index in [-0.39, 0.29) is 0 Å². The molecule has 0 aromatic rings. The molecule has 1 aliphatic carbocycles. The maximum absolute atomic E-state index is 2.34. The van der Waals surface area contributed by atoms with Gasteiger partial charge in [-0.1, -0.05) is 32.9 Å². The van der Waals surface area contributed by atoms with E-state index in [4.69, 9.17) is 0 Å². The van der Waals surface area contributed by atoms with Crippen LogP contribution in [0.1, 0.15) is 40.0 Å². The molecule has 0 aromatic carbocycles. The van der Waals surface area contributed by atoms with Crippen molar-refractivity contribution < 1.29 is 0 Å². The third kappa shape index (κ3) is 1.86. The van der Waals surface area contributed by atoms with Crippen LogP contribution in [-0.4, -0.2) is 0 Å². The minimum atomic E-state index is 0.519. The Kier molecular flexibility index (Phi) is 2.18. The summed E-state index contributed by atoms with van der Waals surface area (Å²) in [4.78, 5) is 0. The van der Waals surface area contributed by atoms with Gasteiger partial charge in [-0.05, 0) is 30.6 Å². The van der Waals surface area contributed by atoms with E-state index >= 15 is 0 Å². The molecular weight excluding hydrogens is 120 g/mol. The SMILES string of the molecule is CC(C)(C)[C@@H]1CC=CCC1. The summed E-state index contributed by atoms with van der Waals surface area (Å²) < 4.78 is 0. The van der Waals surface area contributed by atoms with Gasteiger partial charge >= 0.3 is 0 Å². The topological polar surface area (TPSA) is 0 Å². The maximum Gasteiger partial charge on any atom is -0.0317 e. The smallest absolute Gasteiger partial charge is 0.0317 e. The van der Waals surface area contributed by atoms with Crippen molar-refractivity contribution in [3.8, 4) is 0 Å². The van der Waals surface area contributed by atoms with Crippen LogP contribution in [0.25, 0.3) is 0 Å². The Morgan fingerprint density at radius 1 is 1.20 bits per heavy atom. The Morgan fingerprint density at radius 2 is 1.90 bits per heavy atom. The lowest BCUT2D eigenvalue weighted by Gasteiger charge is -2.31. The van der Waals surface area contributed by atoms with Gasteiger partial charge in [0.2, 0.25) is 0 Å². The van der Waals surface area contributed by atoms with Crippen LogP contribution in [0.3, 0.4) is 0 Å². The molecule has 10 heavy (non-hydrogen) atoms. The Hall–Kier alpha value is -0.260. The molecule has 0 bridgehead atoms. The van der Waals surface area contributed by atoms with Crippen molar-refractivity contribution in [3.63, 3.8) is 0 Å². The second-order valence-corrected chi connectivity index (χ2v) is 4.35. The van der Waals surface area contributed by atoms with Crippen molar-refractivity contribution >= 4 is 0 Å². The third-order valence-electron chi connectivity index (χ3n) is 2.49. The molecule has 1 rings (SSSR count). The highest BCUT2D eigenvalue weighted by Gasteiger charge is 2.23. The van der Waals surface area contributed by atoms with E-state index in [1.54, 1.807) is 0 Å². The quantitative estimate of drug-likeness (QED) is 0.450. The summed E-state index contributed by atoms with van der Waals surface area (Å²) >= 11 is 0. The van der Waals surface area contributed by atoms with Gasteiger partial charge < -0.3 is 0 Å². The average molecular weight is 138 g/mol. The summed E-state index contributed by atoms with van der Waals surface area (Å²) in [6.45, 7) is 7.03. The Morgan fingerprint density at radius 3 is 2.20 bits per heavy atom. The fourth-order valence-electron chi connectivity index (χ4n) is 1.58. The molecule has 0 fully saturated rings. The van der Waals surface area contributed by atoms with Gasteiger partial charge in [-0.15, -0.1) is 0 Å². The van der Waals surface area contributed by atoms with Crippen molar-refractivity contribution in [2.45, 2.75) is 40.0 Å². The summed E-state index contributed by atoms with van der Waals surface area (Å²) in [5, 5.41) is 0.